The Morgan fingerprint density at radius 1 is 1.09 bits per heavy atom. The number of hydrogen-bond donors (Lipinski definition) is 1. The molecule has 2 heteroatoms. The zero-order chi connectivity index (χ0) is 17.5. The van der Waals surface area contributed by atoms with Crippen molar-refractivity contribution in [2.75, 3.05) is 5.32 Å². The summed E-state index contributed by atoms with van der Waals surface area (Å²) in [6, 6.07) is 4.33. The number of aryl methyl sites for hydroxylation is 2. The minimum atomic E-state index is -0.411. The molecule has 0 aliphatic heterocycles. The number of amides is 1. The largest absolute Gasteiger partial charge is 0.325 e. The molecule has 1 aliphatic rings. The Morgan fingerprint density at radius 2 is 1.70 bits per heavy atom. The summed E-state index contributed by atoms with van der Waals surface area (Å²) in [5.74, 6) is 0.508. The topological polar surface area (TPSA) is 29.1 Å². The summed E-state index contributed by atoms with van der Waals surface area (Å²) in [5.41, 5.74) is 7.98. The van der Waals surface area contributed by atoms with E-state index in [1.165, 1.54) is 22.3 Å². The molecule has 0 heterocycles. The first-order valence-corrected chi connectivity index (χ1v) is 8.35. The number of carbonyl (C=O) groups excluding carboxylic acids is 1. The van der Waals surface area contributed by atoms with E-state index in [-0.39, 0.29) is 5.91 Å². The molecule has 2 rings (SSSR count). The molecule has 0 saturated carbocycles. The zero-order valence-electron chi connectivity index (χ0n) is 15.7. The maximum Gasteiger partial charge on any atom is 0.229 e. The van der Waals surface area contributed by atoms with Crippen molar-refractivity contribution >= 4 is 17.2 Å². The van der Waals surface area contributed by atoms with E-state index < -0.39 is 5.41 Å². The lowest BCUT2D eigenvalue weighted by atomic mass is 9.90. The maximum absolute atomic E-state index is 12.5. The second-order valence-corrected chi connectivity index (χ2v) is 7.90. The highest BCUT2D eigenvalue weighted by Crippen LogP contribution is 2.41. The third-order valence-electron chi connectivity index (χ3n) is 4.64. The standard InChI is InChI=1S/C21H29NO/c1-12-9-15(4)19(22-20(23)21(6,7)8)17(10-12)18-14(3)11-13(2)16(18)5/h9-11,13H,1-8H3,(H,22,23). The molecular formula is C21H29NO. The van der Waals surface area contributed by atoms with E-state index in [9.17, 15) is 4.79 Å². The molecule has 1 unspecified atom stereocenters. The highest BCUT2D eigenvalue weighted by Gasteiger charge is 2.26. The van der Waals surface area contributed by atoms with Gasteiger partial charge in [-0.05, 0) is 56.4 Å². The molecule has 1 atom stereocenters. The van der Waals surface area contributed by atoms with Crippen LogP contribution in [-0.4, -0.2) is 5.91 Å². The Bertz CT molecular complexity index is 714. The molecule has 1 aliphatic carbocycles. The lowest BCUT2D eigenvalue weighted by Crippen LogP contribution is -2.28. The Balaban J connectivity index is 2.61. The molecule has 0 saturated heterocycles. The van der Waals surface area contributed by atoms with Gasteiger partial charge >= 0.3 is 0 Å². The molecule has 2 nitrogen and oxygen atoms in total. The summed E-state index contributed by atoms with van der Waals surface area (Å²) in [6.07, 6.45) is 2.30. The van der Waals surface area contributed by atoms with E-state index in [1.807, 2.05) is 20.8 Å². The van der Waals surface area contributed by atoms with Crippen molar-refractivity contribution in [3.05, 3.63) is 46.0 Å². The first kappa shape index (κ1) is 17.5. The highest BCUT2D eigenvalue weighted by molar-refractivity contribution is 6.00. The van der Waals surface area contributed by atoms with E-state index in [1.54, 1.807) is 0 Å². The number of anilines is 1. The van der Waals surface area contributed by atoms with Crippen LogP contribution in [0.2, 0.25) is 0 Å². The zero-order valence-corrected chi connectivity index (χ0v) is 15.7. The van der Waals surface area contributed by atoms with Crippen molar-refractivity contribution in [1.29, 1.82) is 0 Å². The van der Waals surface area contributed by atoms with Crippen LogP contribution in [0.15, 0.2) is 29.4 Å². The van der Waals surface area contributed by atoms with E-state index in [0.29, 0.717) is 5.92 Å². The third-order valence-corrected chi connectivity index (χ3v) is 4.64. The number of rotatable bonds is 2. The molecule has 23 heavy (non-hydrogen) atoms. The second-order valence-electron chi connectivity index (χ2n) is 7.90. The van der Waals surface area contributed by atoms with Crippen molar-refractivity contribution in [3.8, 4) is 0 Å². The average molecular weight is 311 g/mol. The van der Waals surface area contributed by atoms with Gasteiger partial charge in [0.15, 0.2) is 0 Å². The van der Waals surface area contributed by atoms with Gasteiger partial charge in [-0.1, -0.05) is 51.0 Å². The Labute approximate surface area is 140 Å². The van der Waals surface area contributed by atoms with Gasteiger partial charge in [0.25, 0.3) is 0 Å². The lowest BCUT2D eigenvalue weighted by Gasteiger charge is -2.23. The van der Waals surface area contributed by atoms with Gasteiger partial charge in [0.1, 0.15) is 0 Å². The van der Waals surface area contributed by atoms with Gasteiger partial charge in [-0.15, -0.1) is 0 Å². The van der Waals surface area contributed by atoms with Gasteiger partial charge in [0.05, 0.1) is 5.69 Å². The van der Waals surface area contributed by atoms with Crippen LogP contribution in [0.4, 0.5) is 5.69 Å². The number of benzene rings is 1. The van der Waals surface area contributed by atoms with Gasteiger partial charge in [-0.2, -0.15) is 0 Å². The summed E-state index contributed by atoms with van der Waals surface area (Å²) < 4.78 is 0. The fourth-order valence-electron chi connectivity index (χ4n) is 3.18. The van der Waals surface area contributed by atoms with Crippen LogP contribution < -0.4 is 5.32 Å². The van der Waals surface area contributed by atoms with Crippen LogP contribution in [0.25, 0.3) is 5.57 Å². The molecule has 1 aromatic rings. The summed E-state index contributed by atoms with van der Waals surface area (Å²) in [4.78, 5) is 12.5. The minimum absolute atomic E-state index is 0.0524. The maximum atomic E-state index is 12.5. The quantitative estimate of drug-likeness (QED) is 0.750. The molecule has 0 radical (unpaired) electrons. The van der Waals surface area contributed by atoms with E-state index in [4.69, 9.17) is 0 Å². The fraction of sp³-hybridized carbons (Fsp3) is 0.476. The van der Waals surface area contributed by atoms with Gasteiger partial charge in [0.2, 0.25) is 5.91 Å². The molecule has 1 aromatic carbocycles. The number of allylic oxidation sites excluding steroid dienone is 4. The van der Waals surface area contributed by atoms with Crippen molar-refractivity contribution in [2.45, 2.75) is 55.4 Å². The second kappa shape index (κ2) is 5.99. The molecule has 124 valence electrons. The van der Waals surface area contributed by atoms with Crippen LogP contribution in [-0.2, 0) is 4.79 Å². The smallest absolute Gasteiger partial charge is 0.229 e. The molecule has 1 amide bonds. The lowest BCUT2D eigenvalue weighted by molar-refractivity contribution is -0.123. The summed E-state index contributed by atoms with van der Waals surface area (Å²) in [6.45, 7) is 16.6. The van der Waals surface area contributed by atoms with Gasteiger partial charge in [-0.3, -0.25) is 4.79 Å². The first-order chi connectivity index (χ1) is 10.5. The average Bonchev–Trinajstić information content (AvgIpc) is 2.65. The van der Waals surface area contributed by atoms with Crippen LogP contribution >= 0.6 is 0 Å². The molecule has 0 bridgehead atoms. The first-order valence-electron chi connectivity index (χ1n) is 8.35. The molecule has 0 spiro atoms. The van der Waals surface area contributed by atoms with Crippen LogP contribution in [0.3, 0.4) is 0 Å². The molecule has 0 aromatic heterocycles. The molecular weight excluding hydrogens is 282 g/mol. The van der Waals surface area contributed by atoms with Crippen LogP contribution in [0.5, 0.6) is 0 Å². The van der Waals surface area contributed by atoms with E-state index >= 15 is 0 Å². The van der Waals surface area contributed by atoms with E-state index in [2.05, 4.69) is 58.1 Å². The van der Waals surface area contributed by atoms with Gasteiger partial charge in [0, 0.05) is 11.0 Å². The summed E-state index contributed by atoms with van der Waals surface area (Å²) >= 11 is 0. The molecule has 1 N–H and O–H groups in total. The normalized spacial score (nSPS) is 18.3. The number of nitrogens with one attached hydrogen (secondary N) is 1. The predicted octanol–water partition coefficient (Wildman–Crippen LogP) is 5.66. The summed E-state index contributed by atoms with van der Waals surface area (Å²) in [7, 11) is 0. The highest BCUT2D eigenvalue weighted by atomic mass is 16.2. The van der Waals surface area contributed by atoms with Gasteiger partial charge in [-0.25, -0.2) is 0 Å². The Morgan fingerprint density at radius 3 is 2.17 bits per heavy atom. The third kappa shape index (κ3) is 3.41. The Hall–Kier alpha value is -1.83. The van der Waals surface area contributed by atoms with Crippen LogP contribution in [0, 0.1) is 25.2 Å². The Kier molecular flexibility index (Phi) is 4.57. The van der Waals surface area contributed by atoms with E-state index in [0.717, 1.165) is 16.8 Å². The fourth-order valence-corrected chi connectivity index (χ4v) is 3.18. The number of carbonyl (C=O) groups is 1. The van der Waals surface area contributed by atoms with Crippen molar-refractivity contribution < 1.29 is 4.79 Å². The van der Waals surface area contributed by atoms with Gasteiger partial charge < -0.3 is 5.32 Å². The van der Waals surface area contributed by atoms with Crippen molar-refractivity contribution in [2.24, 2.45) is 11.3 Å². The van der Waals surface area contributed by atoms with Crippen molar-refractivity contribution in [3.63, 3.8) is 0 Å². The minimum Gasteiger partial charge on any atom is -0.325 e. The van der Waals surface area contributed by atoms with Crippen LogP contribution in [0.1, 0.15) is 58.2 Å². The SMILES string of the molecule is CC1=CC(C)C(C)=C1c1cc(C)cc(C)c1NC(=O)C(C)(C)C. The number of hydrogen-bond acceptors (Lipinski definition) is 1. The molecule has 0 fully saturated rings. The monoisotopic (exact) mass is 311 g/mol. The predicted molar refractivity (Wildman–Crippen MR) is 99.5 cm³/mol. The van der Waals surface area contributed by atoms with Crippen molar-refractivity contribution in [1.82, 2.24) is 0 Å². The summed E-state index contributed by atoms with van der Waals surface area (Å²) in [5, 5.41) is 3.18.